The van der Waals surface area contributed by atoms with Crippen LogP contribution in [0.2, 0.25) is 0 Å². The standard InChI is InChI=1S/C14H17N5O9/c1-24-10-4-9-11(13(26-3)12(10)25-2)16-7-17-14(9)15-5-8(28-19(22)23)6-27-18(20)21/h4,7-8H,5-6H2,1-3H3,(H,15,16,17)/t8-/m0/s1. The van der Waals surface area contributed by atoms with E-state index in [2.05, 4.69) is 25.0 Å². The van der Waals surface area contributed by atoms with E-state index in [4.69, 9.17) is 14.2 Å². The van der Waals surface area contributed by atoms with Gasteiger partial charge in [-0.1, -0.05) is 0 Å². The Labute approximate surface area is 157 Å². The number of hydrogen-bond acceptors (Lipinski definition) is 12. The highest BCUT2D eigenvalue weighted by Crippen LogP contribution is 2.43. The van der Waals surface area contributed by atoms with Gasteiger partial charge in [0.2, 0.25) is 5.75 Å². The largest absolute Gasteiger partial charge is 0.493 e. The molecule has 1 aromatic carbocycles. The summed E-state index contributed by atoms with van der Waals surface area (Å²) in [5, 5.41) is 22.0. The molecule has 14 nitrogen and oxygen atoms in total. The minimum absolute atomic E-state index is 0.211. The Morgan fingerprint density at radius 2 is 1.79 bits per heavy atom. The second-order valence-electron chi connectivity index (χ2n) is 5.12. The molecule has 152 valence electrons. The highest BCUT2D eigenvalue weighted by Gasteiger charge is 2.21. The predicted octanol–water partition coefficient (Wildman–Crippen LogP) is 0.853. The molecule has 0 radical (unpaired) electrons. The maximum Gasteiger partial charge on any atom is 0.294 e. The zero-order valence-corrected chi connectivity index (χ0v) is 15.1. The molecule has 0 spiro atoms. The van der Waals surface area contributed by atoms with Crippen molar-refractivity contribution in [1.82, 2.24) is 9.97 Å². The summed E-state index contributed by atoms with van der Waals surface area (Å²) >= 11 is 0. The van der Waals surface area contributed by atoms with E-state index in [0.29, 0.717) is 28.2 Å². The number of ether oxygens (including phenoxy) is 3. The third-order valence-corrected chi connectivity index (χ3v) is 3.53. The van der Waals surface area contributed by atoms with Crippen LogP contribution in [-0.2, 0) is 9.68 Å². The Morgan fingerprint density at radius 1 is 1.07 bits per heavy atom. The van der Waals surface area contributed by atoms with Crippen molar-refractivity contribution in [3.05, 3.63) is 32.6 Å². The van der Waals surface area contributed by atoms with E-state index in [1.165, 1.54) is 27.7 Å². The molecule has 0 aliphatic rings. The zero-order valence-electron chi connectivity index (χ0n) is 15.1. The molecule has 2 rings (SSSR count). The number of methoxy groups -OCH3 is 3. The average molecular weight is 399 g/mol. The summed E-state index contributed by atoms with van der Waals surface area (Å²) in [6, 6.07) is 1.59. The molecule has 14 heteroatoms. The fourth-order valence-electron chi connectivity index (χ4n) is 2.41. The van der Waals surface area contributed by atoms with Gasteiger partial charge in [-0.15, -0.1) is 20.2 Å². The molecule has 0 saturated carbocycles. The van der Waals surface area contributed by atoms with Gasteiger partial charge in [0, 0.05) is 6.54 Å². The van der Waals surface area contributed by atoms with Gasteiger partial charge < -0.3 is 29.2 Å². The van der Waals surface area contributed by atoms with Crippen LogP contribution in [0.1, 0.15) is 0 Å². The lowest BCUT2D eigenvalue weighted by atomic mass is 10.1. The minimum Gasteiger partial charge on any atom is -0.493 e. The number of benzene rings is 1. The summed E-state index contributed by atoms with van der Waals surface area (Å²) in [5.74, 6) is 1.25. The molecular weight excluding hydrogens is 382 g/mol. The van der Waals surface area contributed by atoms with Crippen molar-refractivity contribution in [3.8, 4) is 17.2 Å². The van der Waals surface area contributed by atoms with Gasteiger partial charge in [0.15, 0.2) is 11.5 Å². The molecule has 0 fully saturated rings. The Hall–Kier alpha value is -3.84. The summed E-state index contributed by atoms with van der Waals surface area (Å²) < 4.78 is 15.9. The summed E-state index contributed by atoms with van der Waals surface area (Å²) in [6.07, 6.45) is -0.0110. The normalized spacial score (nSPS) is 11.4. The van der Waals surface area contributed by atoms with E-state index in [1.54, 1.807) is 6.07 Å². The first-order valence-electron chi connectivity index (χ1n) is 7.67. The van der Waals surface area contributed by atoms with Crippen molar-refractivity contribution in [2.75, 3.05) is 39.8 Å². The number of rotatable bonds is 11. The Balaban J connectivity index is 2.35. The van der Waals surface area contributed by atoms with E-state index in [1.807, 2.05) is 0 Å². The van der Waals surface area contributed by atoms with Gasteiger partial charge in [-0.25, -0.2) is 9.97 Å². The van der Waals surface area contributed by atoms with E-state index < -0.39 is 22.9 Å². The van der Waals surface area contributed by atoms with E-state index in [9.17, 15) is 20.2 Å². The minimum atomic E-state index is -1.26. The van der Waals surface area contributed by atoms with Gasteiger partial charge in [0.25, 0.3) is 10.2 Å². The van der Waals surface area contributed by atoms with Gasteiger partial charge in [0.05, 0.1) is 26.7 Å². The van der Waals surface area contributed by atoms with Gasteiger partial charge in [-0.05, 0) is 6.07 Å². The van der Waals surface area contributed by atoms with Crippen molar-refractivity contribution in [3.63, 3.8) is 0 Å². The van der Waals surface area contributed by atoms with E-state index >= 15 is 0 Å². The molecule has 0 aliphatic carbocycles. The topological polar surface area (TPSA) is 170 Å². The van der Waals surface area contributed by atoms with Crippen LogP contribution >= 0.6 is 0 Å². The Morgan fingerprint density at radius 3 is 2.36 bits per heavy atom. The summed E-state index contributed by atoms with van der Waals surface area (Å²) in [4.78, 5) is 37.7. The fraction of sp³-hybridized carbons (Fsp3) is 0.429. The van der Waals surface area contributed by atoms with Crippen LogP contribution in [0.15, 0.2) is 12.4 Å². The summed E-state index contributed by atoms with van der Waals surface area (Å²) in [6.45, 7) is -0.859. The van der Waals surface area contributed by atoms with Crippen molar-refractivity contribution in [2.45, 2.75) is 6.10 Å². The van der Waals surface area contributed by atoms with Crippen molar-refractivity contribution < 1.29 is 34.1 Å². The molecule has 1 heterocycles. The van der Waals surface area contributed by atoms with E-state index in [0.717, 1.165) is 0 Å². The monoisotopic (exact) mass is 399 g/mol. The molecule has 0 saturated heterocycles. The number of aromatic nitrogens is 2. The average Bonchev–Trinajstić information content (AvgIpc) is 2.67. The Bertz CT molecular complexity index is 863. The molecule has 0 amide bonds. The maximum absolute atomic E-state index is 10.6. The quantitative estimate of drug-likeness (QED) is 0.418. The van der Waals surface area contributed by atoms with Gasteiger partial charge in [0.1, 0.15) is 30.4 Å². The fourth-order valence-corrected chi connectivity index (χ4v) is 2.41. The summed E-state index contributed by atoms with van der Waals surface area (Å²) in [5.41, 5.74) is 0.394. The number of nitrogens with one attached hydrogen (secondary N) is 1. The lowest BCUT2D eigenvalue weighted by Gasteiger charge is -2.17. The first-order chi connectivity index (χ1) is 13.4. The van der Waals surface area contributed by atoms with Gasteiger partial charge >= 0.3 is 0 Å². The third-order valence-electron chi connectivity index (χ3n) is 3.53. The maximum atomic E-state index is 10.6. The lowest BCUT2D eigenvalue weighted by Crippen LogP contribution is -2.31. The first-order valence-corrected chi connectivity index (χ1v) is 7.67. The van der Waals surface area contributed by atoms with Gasteiger partial charge in [-0.3, -0.25) is 0 Å². The highest BCUT2D eigenvalue weighted by atomic mass is 17.0. The molecule has 0 unspecified atom stereocenters. The van der Waals surface area contributed by atoms with E-state index in [-0.39, 0.29) is 12.4 Å². The van der Waals surface area contributed by atoms with Crippen molar-refractivity contribution in [2.24, 2.45) is 0 Å². The van der Waals surface area contributed by atoms with Crippen molar-refractivity contribution >= 4 is 16.7 Å². The molecule has 2 aromatic rings. The zero-order chi connectivity index (χ0) is 20.7. The highest BCUT2D eigenvalue weighted by molar-refractivity contribution is 5.96. The predicted molar refractivity (Wildman–Crippen MR) is 92.5 cm³/mol. The molecule has 28 heavy (non-hydrogen) atoms. The molecule has 1 N–H and O–H groups in total. The van der Waals surface area contributed by atoms with Crippen LogP contribution < -0.4 is 19.5 Å². The number of hydrogen-bond donors (Lipinski definition) is 1. The van der Waals surface area contributed by atoms with Crippen LogP contribution in [0.5, 0.6) is 17.2 Å². The summed E-state index contributed by atoms with van der Waals surface area (Å²) in [7, 11) is 4.32. The van der Waals surface area contributed by atoms with Crippen LogP contribution in [-0.4, -0.2) is 60.7 Å². The van der Waals surface area contributed by atoms with Crippen molar-refractivity contribution in [1.29, 1.82) is 0 Å². The van der Waals surface area contributed by atoms with Crippen LogP contribution in [0.3, 0.4) is 0 Å². The van der Waals surface area contributed by atoms with Crippen LogP contribution in [0.25, 0.3) is 10.9 Å². The second kappa shape index (κ2) is 9.20. The molecular formula is C14H17N5O9. The van der Waals surface area contributed by atoms with Crippen LogP contribution in [0, 0.1) is 20.2 Å². The first kappa shape index (κ1) is 20.5. The lowest BCUT2D eigenvalue weighted by molar-refractivity contribution is -0.789. The Kier molecular flexibility index (Phi) is 6.73. The second-order valence-corrected chi connectivity index (χ2v) is 5.12. The smallest absolute Gasteiger partial charge is 0.294 e. The molecule has 1 atom stereocenters. The number of nitrogens with zero attached hydrogens (tertiary/aromatic N) is 4. The van der Waals surface area contributed by atoms with Crippen LogP contribution in [0.4, 0.5) is 5.82 Å². The molecule has 1 aromatic heterocycles. The molecule has 0 bridgehead atoms. The third kappa shape index (κ3) is 4.66. The number of fused-ring (bicyclic) bond motifs is 1. The molecule has 0 aliphatic heterocycles. The SMILES string of the molecule is COc1cc2c(NC[C@@H](CO[N+](=O)[O-])O[N+](=O)[O-])ncnc2c(OC)c1OC. The number of anilines is 1. The van der Waals surface area contributed by atoms with Gasteiger partial charge in [-0.2, -0.15) is 0 Å².